The summed E-state index contributed by atoms with van der Waals surface area (Å²) >= 11 is 0. The van der Waals surface area contributed by atoms with Crippen molar-refractivity contribution in [3.63, 3.8) is 0 Å². The van der Waals surface area contributed by atoms with Crippen LogP contribution in [-0.4, -0.2) is 25.5 Å². The highest BCUT2D eigenvalue weighted by Gasteiger charge is 2.23. The van der Waals surface area contributed by atoms with Gasteiger partial charge in [0.25, 0.3) is 5.91 Å². The third kappa shape index (κ3) is 3.54. The molecule has 0 saturated carbocycles. The van der Waals surface area contributed by atoms with Crippen molar-refractivity contribution in [2.75, 3.05) is 23.9 Å². The van der Waals surface area contributed by atoms with Crippen LogP contribution in [0.3, 0.4) is 0 Å². The second-order valence-corrected chi connectivity index (χ2v) is 7.18. The van der Waals surface area contributed by atoms with Gasteiger partial charge in [-0.05, 0) is 73.6 Å². The number of amides is 2. The number of rotatable bonds is 4. The Balaban J connectivity index is 1.57. The molecule has 1 fully saturated rings. The van der Waals surface area contributed by atoms with E-state index in [0.29, 0.717) is 35.7 Å². The van der Waals surface area contributed by atoms with E-state index in [2.05, 4.69) is 11.4 Å². The number of hydrogen-bond donors (Lipinski definition) is 1. The van der Waals surface area contributed by atoms with Gasteiger partial charge in [0.1, 0.15) is 5.75 Å². The number of piperidine rings is 1. The zero-order valence-electron chi connectivity index (χ0n) is 15.6. The molecular formula is C22H24N2O3. The molecule has 2 aromatic carbocycles. The number of carbonyl (C=O) groups excluding carboxylic acids is 2. The Morgan fingerprint density at radius 3 is 2.67 bits per heavy atom. The Labute approximate surface area is 159 Å². The third-order valence-electron chi connectivity index (χ3n) is 5.41. The molecule has 5 heteroatoms. The number of methoxy groups -OCH3 is 1. The monoisotopic (exact) mass is 364 g/mol. The molecule has 1 aliphatic carbocycles. The molecule has 0 radical (unpaired) electrons. The van der Waals surface area contributed by atoms with Crippen LogP contribution < -0.4 is 15.0 Å². The number of carbonyl (C=O) groups is 2. The van der Waals surface area contributed by atoms with Gasteiger partial charge in [0.05, 0.1) is 12.8 Å². The van der Waals surface area contributed by atoms with Crippen LogP contribution in [-0.2, 0) is 17.6 Å². The zero-order chi connectivity index (χ0) is 18.8. The summed E-state index contributed by atoms with van der Waals surface area (Å²) in [6.07, 6.45) is 5.75. The second-order valence-electron chi connectivity index (χ2n) is 7.18. The molecule has 1 heterocycles. The average molecular weight is 364 g/mol. The number of nitrogens with one attached hydrogen (secondary N) is 1. The number of nitrogens with zero attached hydrogens (tertiary/aromatic N) is 1. The van der Waals surface area contributed by atoms with Crippen LogP contribution in [0.5, 0.6) is 5.75 Å². The van der Waals surface area contributed by atoms with E-state index in [4.69, 9.17) is 4.74 Å². The molecule has 4 rings (SSSR count). The fraction of sp³-hybridized carbons (Fsp3) is 0.364. The molecule has 0 bridgehead atoms. The summed E-state index contributed by atoms with van der Waals surface area (Å²) in [6, 6.07) is 11.4. The van der Waals surface area contributed by atoms with Crippen LogP contribution in [0.4, 0.5) is 11.4 Å². The quantitative estimate of drug-likeness (QED) is 0.894. The average Bonchev–Trinajstić information content (AvgIpc) is 3.16. The highest BCUT2D eigenvalue weighted by atomic mass is 16.5. The van der Waals surface area contributed by atoms with Crippen LogP contribution in [0, 0.1) is 0 Å². The van der Waals surface area contributed by atoms with Crippen molar-refractivity contribution in [2.24, 2.45) is 0 Å². The van der Waals surface area contributed by atoms with Crippen LogP contribution in [0.2, 0.25) is 0 Å². The molecular weight excluding hydrogens is 340 g/mol. The third-order valence-corrected chi connectivity index (χ3v) is 5.41. The molecule has 0 spiro atoms. The number of aryl methyl sites for hydroxylation is 2. The van der Waals surface area contributed by atoms with Crippen molar-refractivity contribution in [1.29, 1.82) is 0 Å². The van der Waals surface area contributed by atoms with Crippen molar-refractivity contribution >= 4 is 23.2 Å². The van der Waals surface area contributed by atoms with E-state index >= 15 is 0 Å². The molecule has 2 aromatic rings. The molecule has 2 amide bonds. The van der Waals surface area contributed by atoms with Crippen LogP contribution in [0.1, 0.15) is 47.2 Å². The maximum Gasteiger partial charge on any atom is 0.255 e. The van der Waals surface area contributed by atoms with E-state index in [1.807, 2.05) is 24.3 Å². The maximum atomic E-state index is 12.7. The highest BCUT2D eigenvalue weighted by molar-refractivity contribution is 6.05. The summed E-state index contributed by atoms with van der Waals surface area (Å²) in [6.45, 7) is 0.678. The van der Waals surface area contributed by atoms with Crippen LogP contribution in [0.25, 0.3) is 0 Å². The van der Waals surface area contributed by atoms with E-state index in [9.17, 15) is 9.59 Å². The normalized spacial score (nSPS) is 16.2. The number of benzene rings is 2. The van der Waals surface area contributed by atoms with Gasteiger partial charge < -0.3 is 15.0 Å². The standard InChI is InChI=1S/C22H24N2O3/c1-27-20-11-10-18(14-19(20)24-12-3-2-7-21(24)25)23-22(26)17-9-8-15-5-4-6-16(15)13-17/h8-11,13-14H,2-7,12H2,1H3,(H,23,26). The van der Waals surface area contributed by atoms with Gasteiger partial charge >= 0.3 is 0 Å². The van der Waals surface area contributed by atoms with Gasteiger partial charge in [-0.25, -0.2) is 0 Å². The first-order chi connectivity index (χ1) is 13.2. The minimum Gasteiger partial charge on any atom is -0.495 e. The SMILES string of the molecule is COc1ccc(NC(=O)c2ccc3c(c2)CCC3)cc1N1CCCCC1=O. The number of anilines is 2. The Hall–Kier alpha value is -2.82. The first-order valence-electron chi connectivity index (χ1n) is 9.57. The predicted molar refractivity (Wildman–Crippen MR) is 106 cm³/mol. The second kappa shape index (κ2) is 7.43. The lowest BCUT2D eigenvalue weighted by Crippen LogP contribution is -2.35. The summed E-state index contributed by atoms with van der Waals surface area (Å²) in [5, 5.41) is 2.96. The van der Waals surface area contributed by atoms with Gasteiger partial charge in [-0.3, -0.25) is 9.59 Å². The Kier molecular flexibility index (Phi) is 4.84. The molecule has 1 saturated heterocycles. The Bertz CT molecular complexity index is 891. The first kappa shape index (κ1) is 17.6. The lowest BCUT2D eigenvalue weighted by Gasteiger charge is -2.28. The van der Waals surface area contributed by atoms with E-state index in [-0.39, 0.29) is 11.8 Å². The van der Waals surface area contributed by atoms with E-state index < -0.39 is 0 Å². The largest absolute Gasteiger partial charge is 0.495 e. The summed E-state index contributed by atoms with van der Waals surface area (Å²) in [7, 11) is 1.59. The summed E-state index contributed by atoms with van der Waals surface area (Å²) in [5.74, 6) is 0.605. The van der Waals surface area contributed by atoms with Gasteiger partial charge in [0, 0.05) is 24.2 Å². The molecule has 0 atom stereocenters. The Morgan fingerprint density at radius 2 is 1.85 bits per heavy atom. The minimum absolute atomic E-state index is 0.0987. The predicted octanol–water partition coefficient (Wildman–Crippen LogP) is 3.95. The lowest BCUT2D eigenvalue weighted by molar-refractivity contribution is -0.119. The maximum absolute atomic E-state index is 12.7. The molecule has 5 nitrogen and oxygen atoms in total. The fourth-order valence-corrected chi connectivity index (χ4v) is 3.96. The van der Waals surface area contributed by atoms with E-state index in [1.165, 1.54) is 11.1 Å². The van der Waals surface area contributed by atoms with Crippen molar-refractivity contribution in [2.45, 2.75) is 38.5 Å². The number of ether oxygens (including phenoxy) is 1. The summed E-state index contributed by atoms with van der Waals surface area (Å²) < 4.78 is 5.44. The van der Waals surface area contributed by atoms with E-state index in [1.54, 1.807) is 18.1 Å². The van der Waals surface area contributed by atoms with Gasteiger partial charge in [0.15, 0.2) is 0 Å². The molecule has 27 heavy (non-hydrogen) atoms. The number of hydrogen-bond acceptors (Lipinski definition) is 3. The molecule has 1 N–H and O–H groups in total. The molecule has 140 valence electrons. The fourth-order valence-electron chi connectivity index (χ4n) is 3.96. The van der Waals surface area contributed by atoms with Crippen molar-refractivity contribution < 1.29 is 14.3 Å². The first-order valence-corrected chi connectivity index (χ1v) is 9.57. The minimum atomic E-state index is -0.134. The smallest absolute Gasteiger partial charge is 0.255 e. The van der Waals surface area contributed by atoms with E-state index in [0.717, 1.165) is 32.1 Å². The molecule has 1 aliphatic heterocycles. The Morgan fingerprint density at radius 1 is 1.00 bits per heavy atom. The van der Waals surface area contributed by atoms with Crippen molar-refractivity contribution in [1.82, 2.24) is 0 Å². The number of fused-ring (bicyclic) bond motifs is 1. The van der Waals surface area contributed by atoms with Gasteiger partial charge in [0.2, 0.25) is 5.91 Å². The van der Waals surface area contributed by atoms with Gasteiger partial charge in [-0.1, -0.05) is 6.07 Å². The molecule has 0 aromatic heterocycles. The van der Waals surface area contributed by atoms with Crippen molar-refractivity contribution in [3.05, 3.63) is 53.1 Å². The zero-order valence-corrected chi connectivity index (χ0v) is 15.6. The highest BCUT2D eigenvalue weighted by Crippen LogP contribution is 2.34. The summed E-state index contributed by atoms with van der Waals surface area (Å²) in [4.78, 5) is 26.8. The lowest BCUT2D eigenvalue weighted by atomic mass is 10.1. The topological polar surface area (TPSA) is 58.6 Å². The van der Waals surface area contributed by atoms with Crippen LogP contribution in [0.15, 0.2) is 36.4 Å². The van der Waals surface area contributed by atoms with Gasteiger partial charge in [-0.15, -0.1) is 0 Å². The summed E-state index contributed by atoms with van der Waals surface area (Å²) in [5.41, 5.74) is 4.67. The molecule has 0 unspecified atom stereocenters. The van der Waals surface area contributed by atoms with Crippen molar-refractivity contribution in [3.8, 4) is 5.75 Å². The molecule has 2 aliphatic rings. The van der Waals surface area contributed by atoms with Gasteiger partial charge in [-0.2, -0.15) is 0 Å². The van der Waals surface area contributed by atoms with Crippen LogP contribution >= 0.6 is 0 Å².